The molecule has 2 N–H and O–H groups in total. The van der Waals surface area contributed by atoms with Crippen molar-refractivity contribution in [2.45, 2.75) is 0 Å². The van der Waals surface area contributed by atoms with Crippen LogP contribution in [0.25, 0.3) is 0 Å². The third-order valence-electron chi connectivity index (χ3n) is 3.02. The summed E-state index contributed by atoms with van der Waals surface area (Å²) in [6.45, 7) is 0. The summed E-state index contributed by atoms with van der Waals surface area (Å²) < 4.78 is 5.85. The molecule has 0 spiro atoms. The van der Waals surface area contributed by atoms with Gasteiger partial charge in [-0.15, -0.1) is 0 Å². The molecule has 9 heteroatoms. The Morgan fingerprint density at radius 2 is 1.71 bits per heavy atom. The van der Waals surface area contributed by atoms with Crippen LogP contribution in [0, 0.1) is 13.7 Å². The number of hydrazine groups is 1. The highest BCUT2D eigenvalue weighted by Gasteiger charge is 2.13. The number of nitrogens with one attached hydrogen (secondary N) is 2. The number of nitro benzene ring substituents is 1. The summed E-state index contributed by atoms with van der Waals surface area (Å²) in [6, 6.07) is 9.99. The van der Waals surface area contributed by atoms with E-state index in [-0.39, 0.29) is 11.3 Å². The number of carbonyl (C=O) groups excluding carboxylic acids is 2. The zero-order valence-corrected chi connectivity index (χ0v) is 14.6. The van der Waals surface area contributed by atoms with Crippen LogP contribution in [0.3, 0.4) is 0 Å². The zero-order valence-electron chi connectivity index (χ0n) is 12.4. The van der Waals surface area contributed by atoms with Gasteiger partial charge in [0.25, 0.3) is 17.5 Å². The van der Waals surface area contributed by atoms with Crippen molar-refractivity contribution in [1.82, 2.24) is 10.9 Å². The second kappa shape index (κ2) is 7.73. The van der Waals surface area contributed by atoms with Gasteiger partial charge in [0.05, 0.1) is 15.6 Å². The molecule has 0 heterocycles. The fourth-order valence-electron chi connectivity index (χ4n) is 1.83. The normalized spacial score (nSPS) is 9.92. The molecule has 2 rings (SSSR count). The minimum Gasteiger partial charge on any atom is -0.496 e. The van der Waals surface area contributed by atoms with Gasteiger partial charge in [0.15, 0.2) is 0 Å². The van der Waals surface area contributed by atoms with E-state index >= 15 is 0 Å². The Balaban J connectivity index is 2.03. The summed E-state index contributed by atoms with van der Waals surface area (Å²) in [5, 5.41) is 10.7. The van der Waals surface area contributed by atoms with E-state index in [1.165, 1.54) is 25.3 Å². The van der Waals surface area contributed by atoms with Gasteiger partial charge in [-0.2, -0.15) is 0 Å². The van der Waals surface area contributed by atoms with Crippen LogP contribution >= 0.6 is 22.6 Å². The number of benzene rings is 2. The molecular weight excluding hydrogens is 429 g/mol. The van der Waals surface area contributed by atoms with Crippen LogP contribution in [-0.2, 0) is 0 Å². The van der Waals surface area contributed by atoms with Gasteiger partial charge < -0.3 is 4.74 Å². The van der Waals surface area contributed by atoms with E-state index in [1.54, 1.807) is 18.2 Å². The highest BCUT2D eigenvalue weighted by Crippen LogP contribution is 2.21. The summed E-state index contributed by atoms with van der Waals surface area (Å²) in [5.41, 5.74) is 4.66. The third kappa shape index (κ3) is 4.19. The van der Waals surface area contributed by atoms with Gasteiger partial charge in [0.1, 0.15) is 5.75 Å². The summed E-state index contributed by atoms with van der Waals surface area (Å²) in [5.74, 6) is -0.544. The van der Waals surface area contributed by atoms with Gasteiger partial charge in [-0.25, -0.2) is 0 Å². The molecule has 0 unspecified atom stereocenters. The van der Waals surface area contributed by atoms with Gasteiger partial charge in [0, 0.05) is 23.3 Å². The number of non-ortho nitro benzene ring substituents is 1. The molecule has 124 valence electrons. The van der Waals surface area contributed by atoms with Crippen LogP contribution in [0.5, 0.6) is 5.75 Å². The summed E-state index contributed by atoms with van der Waals surface area (Å²) >= 11 is 2.02. The SMILES string of the molecule is COc1ccc(C(=O)NNC(=O)c2cccc([N+](=O)[O-])c2)cc1I. The molecule has 2 aromatic rings. The van der Waals surface area contributed by atoms with Crippen molar-refractivity contribution < 1.29 is 19.2 Å². The molecule has 0 aromatic heterocycles. The van der Waals surface area contributed by atoms with E-state index in [9.17, 15) is 19.7 Å². The molecule has 0 atom stereocenters. The number of methoxy groups -OCH3 is 1. The number of amides is 2. The first-order valence-corrected chi connectivity index (χ1v) is 7.69. The van der Waals surface area contributed by atoms with Gasteiger partial charge in [-0.3, -0.25) is 30.6 Å². The summed E-state index contributed by atoms with van der Waals surface area (Å²) in [6.07, 6.45) is 0. The van der Waals surface area contributed by atoms with E-state index in [0.717, 1.165) is 9.64 Å². The van der Waals surface area contributed by atoms with Crippen LogP contribution in [0.15, 0.2) is 42.5 Å². The molecule has 0 fully saturated rings. The van der Waals surface area contributed by atoms with Crippen LogP contribution in [-0.4, -0.2) is 23.8 Å². The molecule has 0 aliphatic heterocycles. The van der Waals surface area contributed by atoms with Crippen molar-refractivity contribution in [2.75, 3.05) is 7.11 Å². The summed E-state index contributed by atoms with van der Waals surface area (Å²) in [7, 11) is 1.52. The largest absolute Gasteiger partial charge is 0.496 e. The second-order valence-electron chi connectivity index (χ2n) is 4.57. The lowest BCUT2D eigenvalue weighted by Crippen LogP contribution is -2.41. The molecule has 0 saturated carbocycles. The molecular formula is C15H12IN3O5. The lowest BCUT2D eigenvalue weighted by molar-refractivity contribution is -0.384. The van der Waals surface area contributed by atoms with E-state index < -0.39 is 16.7 Å². The van der Waals surface area contributed by atoms with Gasteiger partial charge in [-0.1, -0.05) is 6.07 Å². The highest BCUT2D eigenvalue weighted by atomic mass is 127. The van der Waals surface area contributed by atoms with Crippen LogP contribution < -0.4 is 15.6 Å². The number of hydrogen-bond donors (Lipinski definition) is 2. The number of halogens is 1. The number of nitrogens with zero attached hydrogens (tertiary/aromatic N) is 1. The van der Waals surface area contributed by atoms with Crippen molar-refractivity contribution in [3.8, 4) is 5.75 Å². The van der Waals surface area contributed by atoms with Gasteiger partial charge in [-0.05, 0) is 46.9 Å². The van der Waals surface area contributed by atoms with Gasteiger partial charge >= 0.3 is 0 Å². The molecule has 2 amide bonds. The second-order valence-corrected chi connectivity index (χ2v) is 5.73. The summed E-state index contributed by atoms with van der Waals surface area (Å²) in [4.78, 5) is 34.1. The maximum absolute atomic E-state index is 12.0. The minimum absolute atomic E-state index is 0.0637. The molecule has 0 saturated heterocycles. The molecule has 2 aromatic carbocycles. The Morgan fingerprint density at radius 3 is 2.25 bits per heavy atom. The number of nitro groups is 1. The van der Waals surface area contributed by atoms with E-state index in [0.29, 0.717) is 11.3 Å². The number of rotatable bonds is 4. The first-order valence-electron chi connectivity index (χ1n) is 6.61. The smallest absolute Gasteiger partial charge is 0.270 e. The highest BCUT2D eigenvalue weighted by molar-refractivity contribution is 14.1. The first-order chi connectivity index (χ1) is 11.4. The van der Waals surface area contributed by atoms with Crippen molar-refractivity contribution in [1.29, 1.82) is 0 Å². The lowest BCUT2D eigenvalue weighted by atomic mass is 10.2. The number of hydrogen-bond acceptors (Lipinski definition) is 5. The Hall–Kier alpha value is -2.69. The van der Waals surface area contributed by atoms with E-state index in [4.69, 9.17) is 4.74 Å². The van der Waals surface area contributed by atoms with Crippen molar-refractivity contribution >= 4 is 40.1 Å². The molecule has 0 bridgehead atoms. The lowest BCUT2D eigenvalue weighted by Gasteiger charge is -2.09. The van der Waals surface area contributed by atoms with Crippen LogP contribution in [0.4, 0.5) is 5.69 Å². The maximum atomic E-state index is 12.0. The maximum Gasteiger partial charge on any atom is 0.270 e. The zero-order chi connectivity index (χ0) is 17.7. The predicted octanol–water partition coefficient (Wildman–Crippen LogP) is 2.28. The van der Waals surface area contributed by atoms with Crippen molar-refractivity contribution in [2.24, 2.45) is 0 Å². The van der Waals surface area contributed by atoms with E-state index in [2.05, 4.69) is 10.9 Å². The van der Waals surface area contributed by atoms with Gasteiger partial charge in [0.2, 0.25) is 0 Å². The third-order valence-corrected chi connectivity index (χ3v) is 3.87. The molecule has 24 heavy (non-hydrogen) atoms. The number of ether oxygens (including phenoxy) is 1. The Kier molecular flexibility index (Phi) is 5.68. The molecule has 0 radical (unpaired) electrons. The predicted molar refractivity (Wildman–Crippen MR) is 93.7 cm³/mol. The Morgan fingerprint density at radius 1 is 1.08 bits per heavy atom. The first kappa shape index (κ1) is 17.7. The van der Waals surface area contributed by atoms with Crippen LogP contribution in [0.2, 0.25) is 0 Å². The topological polar surface area (TPSA) is 111 Å². The molecule has 0 aliphatic carbocycles. The van der Waals surface area contributed by atoms with Crippen molar-refractivity contribution in [3.05, 3.63) is 67.3 Å². The van der Waals surface area contributed by atoms with Crippen molar-refractivity contribution in [3.63, 3.8) is 0 Å². The molecule has 0 aliphatic rings. The standard InChI is InChI=1S/C15H12IN3O5/c1-24-13-6-5-10(8-12(13)16)15(21)18-17-14(20)9-3-2-4-11(7-9)19(22)23/h2-8H,1H3,(H,17,20)(H,18,21). The van der Waals surface area contributed by atoms with Crippen LogP contribution in [0.1, 0.15) is 20.7 Å². The average molecular weight is 441 g/mol. The minimum atomic E-state index is -0.657. The fourth-order valence-corrected chi connectivity index (χ4v) is 2.56. The number of carbonyl (C=O) groups is 2. The molecule has 8 nitrogen and oxygen atoms in total. The Labute approximate surface area is 150 Å². The quantitative estimate of drug-likeness (QED) is 0.430. The average Bonchev–Trinajstić information content (AvgIpc) is 2.59. The monoisotopic (exact) mass is 441 g/mol. The van der Waals surface area contributed by atoms with E-state index in [1.807, 2.05) is 22.6 Å². The fraction of sp³-hybridized carbons (Fsp3) is 0.0667. The Bertz CT molecular complexity index is 809.